The van der Waals surface area contributed by atoms with E-state index in [-0.39, 0.29) is 11.4 Å². The van der Waals surface area contributed by atoms with Crippen molar-refractivity contribution in [2.45, 2.75) is 23.7 Å². The fraction of sp³-hybridized carbons (Fsp3) is 0.150. The maximum atomic E-state index is 12.3. The van der Waals surface area contributed by atoms with E-state index in [0.29, 0.717) is 28.5 Å². The largest absolute Gasteiger partial charge is 0.573 e. The molecule has 2 aromatic carbocycles. The number of fused-ring (bicyclic) bond motifs is 1. The number of benzene rings is 2. The lowest BCUT2D eigenvalue weighted by Gasteiger charge is -2.09. The molecule has 0 amide bonds. The molecule has 0 atom stereocenters. The highest BCUT2D eigenvalue weighted by atomic mass is 32.2. The molecule has 4 aromatic rings. The summed E-state index contributed by atoms with van der Waals surface area (Å²) in [5, 5.41) is 11.4. The standard InChI is InChI=1S/C20H14F3N5O3S/c21-20(22,23)31-16-7-3-14(4-8-16)10-32-19-17-18(24-11-25-19)27(12-26-17)9-13-1-5-15(6-2-13)28(29)30/h1-8,11-12H,9-10H2. The number of nitro benzene ring substituents is 1. The van der Waals surface area contributed by atoms with Crippen molar-refractivity contribution in [2.24, 2.45) is 0 Å². The van der Waals surface area contributed by atoms with Crippen LogP contribution in [0.3, 0.4) is 0 Å². The van der Waals surface area contributed by atoms with Gasteiger partial charge in [-0.1, -0.05) is 36.0 Å². The van der Waals surface area contributed by atoms with Gasteiger partial charge in [0.25, 0.3) is 5.69 Å². The minimum atomic E-state index is -4.73. The maximum absolute atomic E-state index is 12.3. The average molecular weight is 461 g/mol. The lowest BCUT2D eigenvalue weighted by molar-refractivity contribution is -0.384. The molecular formula is C20H14F3N5O3S. The Labute approximate surface area is 183 Å². The Morgan fingerprint density at radius 2 is 1.69 bits per heavy atom. The van der Waals surface area contributed by atoms with Crippen LogP contribution in [-0.2, 0) is 12.3 Å². The number of ether oxygens (including phenoxy) is 1. The van der Waals surface area contributed by atoms with Gasteiger partial charge in [-0.2, -0.15) is 0 Å². The zero-order valence-electron chi connectivity index (χ0n) is 16.2. The van der Waals surface area contributed by atoms with Crippen LogP contribution in [0.25, 0.3) is 11.2 Å². The number of hydrogen-bond acceptors (Lipinski definition) is 7. The molecule has 4 rings (SSSR count). The van der Waals surface area contributed by atoms with Gasteiger partial charge < -0.3 is 9.30 Å². The number of nitrogens with zero attached hydrogens (tertiary/aromatic N) is 5. The molecule has 0 bridgehead atoms. The van der Waals surface area contributed by atoms with Crippen LogP contribution in [0.1, 0.15) is 11.1 Å². The van der Waals surface area contributed by atoms with Crippen molar-refractivity contribution in [2.75, 3.05) is 0 Å². The molecule has 0 aliphatic rings. The zero-order valence-corrected chi connectivity index (χ0v) is 17.0. The number of rotatable bonds is 7. The normalized spacial score (nSPS) is 11.6. The van der Waals surface area contributed by atoms with E-state index >= 15 is 0 Å². The van der Waals surface area contributed by atoms with Gasteiger partial charge in [0.1, 0.15) is 22.6 Å². The molecule has 0 fully saturated rings. The predicted octanol–water partition coefficient (Wildman–Crippen LogP) is 4.97. The molecule has 2 heterocycles. The highest BCUT2D eigenvalue weighted by Gasteiger charge is 2.30. The summed E-state index contributed by atoms with van der Waals surface area (Å²) >= 11 is 1.38. The lowest BCUT2D eigenvalue weighted by atomic mass is 10.2. The van der Waals surface area contributed by atoms with Gasteiger partial charge in [-0.15, -0.1) is 13.2 Å². The van der Waals surface area contributed by atoms with Gasteiger partial charge in [0, 0.05) is 17.9 Å². The molecule has 0 spiro atoms. The number of thioether (sulfide) groups is 1. The summed E-state index contributed by atoms with van der Waals surface area (Å²) < 4.78 is 42.5. The molecule has 0 aliphatic carbocycles. The van der Waals surface area contributed by atoms with E-state index < -0.39 is 11.3 Å². The number of aromatic nitrogens is 4. The third-order valence-corrected chi connectivity index (χ3v) is 5.45. The highest BCUT2D eigenvalue weighted by Crippen LogP contribution is 2.28. The van der Waals surface area contributed by atoms with E-state index in [1.165, 1.54) is 42.4 Å². The Bertz CT molecular complexity index is 1240. The second-order valence-corrected chi connectivity index (χ2v) is 7.59. The van der Waals surface area contributed by atoms with Gasteiger partial charge in [-0.05, 0) is 23.3 Å². The Morgan fingerprint density at radius 1 is 1.00 bits per heavy atom. The van der Waals surface area contributed by atoms with E-state index in [1.807, 2.05) is 4.57 Å². The molecule has 0 radical (unpaired) electrons. The van der Waals surface area contributed by atoms with Crippen molar-refractivity contribution in [3.05, 3.63) is 82.4 Å². The first-order valence-electron chi connectivity index (χ1n) is 9.15. The Balaban J connectivity index is 1.46. The van der Waals surface area contributed by atoms with E-state index in [2.05, 4.69) is 19.7 Å². The van der Waals surface area contributed by atoms with Gasteiger partial charge >= 0.3 is 6.36 Å². The molecule has 164 valence electrons. The first-order chi connectivity index (χ1) is 15.3. The van der Waals surface area contributed by atoms with E-state index in [1.54, 1.807) is 30.6 Å². The minimum Gasteiger partial charge on any atom is -0.406 e. The topological polar surface area (TPSA) is 96.0 Å². The molecule has 12 heteroatoms. The molecule has 32 heavy (non-hydrogen) atoms. The van der Waals surface area contributed by atoms with Crippen LogP contribution >= 0.6 is 11.8 Å². The zero-order chi connectivity index (χ0) is 22.7. The van der Waals surface area contributed by atoms with Gasteiger partial charge in [0.15, 0.2) is 5.65 Å². The summed E-state index contributed by atoms with van der Waals surface area (Å²) in [6.07, 6.45) is -1.69. The molecule has 8 nitrogen and oxygen atoms in total. The van der Waals surface area contributed by atoms with Gasteiger partial charge in [-0.25, -0.2) is 15.0 Å². The smallest absolute Gasteiger partial charge is 0.406 e. The second-order valence-electron chi connectivity index (χ2n) is 6.63. The molecule has 2 aromatic heterocycles. The van der Waals surface area contributed by atoms with Gasteiger partial charge in [0.2, 0.25) is 0 Å². The third-order valence-electron chi connectivity index (χ3n) is 4.40. The fourth-order valence-corrected chi connectivity index (χ4v) is 3.84. The van der Waals surface area contributed by atoms with Crippen LogP contribution in [0.4, 0.5) is 18.9 Å². The third kappa shape index (κ3) is 5.14. The molecule has 0 aliphatic heterocycles. The van der Waals surface area contributed by atoms with Gasteiger partial charge in [-0.3, -0.25) is 10.1 Å². The van der Waals surface area contributed by atoms with Crippen LogP contribution in [0.2, 0.25) is 0 Å². The highest BCUT2D eigenvalue weighted by molar-refractivity contribution is 7.98. The summed E-state index contributed by atoms with van der Waals surface area (Å²) in [4.78, 5) is 23.3. The summed E-state index contributed by atoms with van der Waals surface area (Å²) in [5.74, 6) is 0.189. The Hall–Kier alpha value is -3.67. The number of alkyl halides is 3. The Kier molecular flexibility index (Phi) is 5.95. The van der Waals surface area contributed by atoms with Crippen molar-refractivity contribution in [3.8, 4) is 5.75 Å². The van der Waals surface area contributed by atoms with Crippen molar-refractivity contribution >= 4 is 28.6 Å². The molecule has 0 saturated carbocycles. The summed E-state index contributed by atoms with van der Waals surface area (Å²) in [5.41, 5.74) is 2.86. The SMILES string of the molecule is O=[N+]([O-])c1ccc(Cn2cnc3c(SCc4ccc(OC(F)(F)F)cc4)ncnc32)cc1. The van der Waals surface area contributed by atoms with Crippen molar-refractivity contribution in [3.63, 3.8) is 0 Å². The molecular weight excluding hydrogens is 447 g/mol. The summed E-state index contributed by atoms with van der Waals surface area (Å²) in [7, 11) is 0. The molecule has 0 unspecified atom stereocenters. The van der Waals surface area contributed by atoms with Gasteiger partial charge in [0.05, 0.1) is 17.8 Å². The predicted molar refractivity (Wildman–Crippen MR) is 110 cm³/mol. The summed E-state index contributed by atoms with van der Waals surface area (Å²) in [6, 6.07) is 11.9. The lowest BCUT2D eigenvalue weighted by Crippen LogP contribution is -2.16. The Morgan fingerprint density at radius 3 is 2.34 bits per heavy atom. The molecule has 0 N–H and O–H groups in total. The monoisotopic (exact) mass is 461 g/mol. The van der Waals surface area contributed by atoms with Crippen LogP contribution in [0.5, 0.6) is 5.75 Å². The molecule has 0 saturated heterocycles. The fourth-order valence-electron chi connectivity index (χ4n) is 2.94. The number of imidazole rings is 1. The van der Waals surface area contributed by atoms with Crippen molar-refractivity contribution in [1.82, 2.24) is 19.5 Å². The number of hydrogen-bond donors (Lipinski definition) is 0. The minimum absolute atomic E-state index is 0.0169. The van der Waals surface area contributed by atoms with E-state index in [9.17, 15) is 23.3 Å². The van der Waals surface area contributed by atoms with Crippen LogP contribution in [0, 0.1) is 10.1 Å². The van der Waals surface area contributed by atoms with Crippen molar-refractivity contribution in [1.29, 1.82) is 0 Å². The van der Waals surface area contributed by atoms with Crippen LogP contribution in [-0.4, -0.2) is 30.8 Å². The number of nitro groups is 1. The van der Waals surface area contributed by atoms with E-state index in [4.69, 9.17) is 0 Å². The number of non-ortho nitro benzene ring substituents is 1. The van der Waals surface area contributed by atoms with Crippen LogP contribution in [0.15, 0.2) is 66.2 Å². The van der Waals surface area contributed by atoms with E-state index in [0.717, 1.165) is 11.1 Å². The second kappa shape index (κ2) is 8.83. The average Bonchev–Trinajstić information content (AvgIpc) is 3.16. The first-order valence-corrected chi connectivity index (χ1v) is 10.1. The quantitative estimate of drug-likeness (QED) is 0.166. The first kappa shape index (κ1) is 21.6. The summed E-state index contributed by atoms with van der Waals surface area (Å²) in [6.45, 7) is 0.427. The maximum Gasteiger partial charge on any atom is 0.573 e. The van der Waals surface area contributed by atoms with Crippen LogP contribution < -0.4 is 4.74 Å². The number of halogens is 3. The van der Waals surface area contributed by atoms with Crippen molar-refractivity contribution < 1.29 is 22.8 Å².